The zero-order valence-corrected chi connectivity index (χ0v) is 15.2. The molecule has 12 heteroatoms. The fourth-order valence-corrected chi connectivity index (χ4v) is 2.32. The van der Waals surface area contributed by atoms with Gasteiger partial charge in [0.25, 0.3) is 0 Å². The van der Waals surface area contributed by atoms with Crippen molar-refractivity contribution in [2.24, 2.45) is 5.92 Å². The molecular formula is C16H20F3N7O2. The average molecular weight is 399 g/mol. The number of aromatic nitrogens is 4. The van der Waals surface area contributed by atoms with Gasteiger partial charge in [0.15, 0.2) is 5.82 Å². The zero-order valence-electron chi connectivity index (χ0n) is 15.2. The van der Waals surface area contributed by atoms with Crippen LogP contribution in [-0.4, -0.2) is 38.6 Å². The molecule has 0 aliphatic rings. The van der Waals surface area contributed by atoms with Gasteiger partial charge < -0.3 is 16.0 Å². The van der Waals surface area contributed by atoms with Gasteiger partial charge in [-0.05, 0) is 47.0 Å². The highest BCUT2D eigenvalue weighted by atomic mass is 19.4. The number of benzene rings is 1. The molecule has 2 rings (SSSR count). The summed E-state index contributed by atoms with van der Waals surface area (Å²) in [7, 11) is 0. The van der Waals surface area contributed by atoms with Crippen LogP contribution in [0.2, 0.25) is 0 Å². The summed E-state index contributed by atoms with van der Waals surface area (Å²) in [5.41, 5.74) is -0.653. The van der Waals surface area contributed by atoms with Gasteiger partial charge in [-0.3, -0.25) is 4.79 Å². The van der Waals surface area contributed by atoms with Gasteiger partial charge in [0.1, 0.15) is 6.04 Å². The summed E-state index contributed by atoms with van der Waals surface area (Å²) in [6, 6.07) is 2.44. The molecule has 0 radical (unpaired) electrons. The van der Waals surface area contributed by atoms with Crippen LogP contribution in [0.5, 0.6) is 0 Å². The molecule has 0 fully saturated rings. The van der Waals surface area contributed by atoms with E-state index in [0.717, 1.165) is 24.3 Å². The topological polar surface area (TPSA) is 125 Å². The molecule has 1 aromatic carbocycles. The third-order valence-corrected chi connectivity index (χ3v) is 3.62. The minimum absolute atomic E-state index is 0.0582. The van der Waals surface area contributed by atoms with Crippen LogP contribution in [0.4, 0.5) is 23.7 Å². The molecule has 1 atom stereocenters. The van der Waals surface area contributed by atoms with Crippen LogP contribution in [0, 0.1) is 5.92 Å². The number of rotatable bonds is 7. The number of anilines is 1. The Kier molecular flexibility index (Phi) is 6.90. The van der Waals surface area contributed by atoms with Crippen LogP contribution in [-0.2, 0) is 17.5 Å². The van der Waals surface area contributed by atoms with E-state index in [9.17, 15) is 22.8 Å². The molecular weight excluding hydrogens is 379 g/mol. The molecule has 28 heavy (non-hydrogen) atoms. The summed E-state index contributed by atoms with van der Waals surface area (Å²) >= 11 is 0. The summed E-state index contributed by atoms with van der Waals surface area (Å²) in [4.78, 5) is 24.5. The SMILES string of the molecule is CC(C)C[C@H](NC(=O)Nc1ccc(C(F)(F)F)cc1)C(=O)NCc1nnn[nH]1. The molecule has 3 amide bonds. The number of hydrogen-bond acceptors (Lipinski definition) is 5. The first-order chi connectivity index (χ1) is 13.1. The van der Waals surface area contributed by atoms with Crippen molar-refractivity contribution in [3.05, 3.63) is 35.7 Å². The maximum atomic E-state index is 12.6. The van der Waals surface area contributed by atoms with Gasteiger partial charge >= 0.3 is 12.2 Å². The quantitative estimate of drug-likeness (QED) is 0.567. The number of hydrogen-bond donors (Lipinski definition) is 4. The fraction of sp³-hybridized carbons (Fsp3) is 0.438. The molecule has 1 aromatic heterocycles. The lowest BCUT2D eigenvalue weighted by molar-refractivity contribution is -0.137. The number of H-pyrrole nitrogens is 1. The molecule has 0 bridgehead atoms. The van der Waals surface area contributed by atoms with Gasteiger partial charge in [-0.25, -0.2) is 9.89 Å². The third-order valence-electron chi connectivity index (χ3n) is 3.62. The number of carbonyl (C=O) groups is 2. The second-order valence-electron chi connectivity index (χ2n) is 6.42. The van der Waals surface area contributed by atoms with Crippen LogP contribution in [0.15, 0.2) is 24.3 Å². The van der Waals surface area contributed by atoms with E-state index in [0.29, 0.717) is 12.2 Å². The normalized spacial score (nSPS) is 12.5. The van der Waals surface area contributed by atoms with Gasteiger partial charge in [0, 0.05) is 5.69 Å². The Hall–Kier alpha value is -3.18. The van der Waals surface area contributed by atoms with E-state index in [2.05, 4.69) is 36.6 Å². The van der Waals surface area contributed by atoms with Crippen LogP contribution in [0.1, 0.15) is 31.7 Å². The van der Waals surface area contributed by atoms with Crippen molar-refractivity contribution >= 4 is 17.6 Å². The molecule has 0 saturated carbocycles. The second kappa shape index (κ2) is 9.15. The molecule has 0 unspecified atom stereocenters. The first-order valence-corrected chi connectivity index (χ1v) is 8.40. The first kappa shape index (κ1) is 21.1. The number of nitrogens with one attached hydrogen (secondary N) is 4. The highest BCUT2D eigenvalue weighted by Gasteiger charge is 2.30. The number of tetrazole rings is 1. The Labute approximate surface area is 158 Å². The third kappa shape index (κ3) is 6.52. The average Bonchev–Trinajstić information content (AvgIpc) is 3.12. The number of nitrogens with zero attached hydrogens (tertiary/aromatic N) is 3. The number of alkyl halides is 3. The molecule has 0 aliphatic carbocycles. The van der Waals surface area contributed by atoms with Crippen molar-refractivity contribution in [3.63, 3.8) is 0 Å². The lowest BCUT2D eigenvalue weighted by atomic mass is 10.0. The standard InChI is InChI=1S/C16H20F3N7O2/c1-9(2)7-12(14(27)20-8-13-23-25-26-24-13)22-15(28)21-11-5-3-10(4-6-11)16(17,18)19/h3-6,9,12H,7-8H2,1-2H3,(H,20,27)(H2,21,22,28)(H,23,24,25,26)/t12-/m0/s1. The predicted molar refractivity (Wildman–Crippen MR) is 92.9 cm³/mol. The van der Waals surface area contributed by atoms with Gasteiger partial charge in [0.2, 0.25) is 5.91 Å². The van der Waals surface area contributed by atoms with Crippen LogP contribution >= 0.6 is 0 Å². The zero-order chi connectivity index (χ0) is 20.7. The van der Waals surface area contributed by atoms with Crippen molar-refractivity contribution in [3.8, 4) is 0 Å². The van der Waals surface area contributed by atoms with E-state index in [1.165, 1.54) is 0 Å². The maximum Gasteiger partial charge on any atom is 0.416 e. The summed E-state index contributed by atoms with van der Waals surface area (Å²) in [6.45, 7) is 3.83. The minimum atomic E-state index is -4.46. The van der Waals surface area contributed by atoms with Crippen molar-refractivity contribution in [2.45, 2.75) is 39.0 Å². The summed E-state index contributed by atoms with van der Waals surface area (Å²) in [6.07, 6.45) is -4.10. The maximum absolute atomic E-state index is 12.6. The van der Waals surface area contributed by atoms with Crippen LogP contribution < -0.4 is 16.0 Å². The van der Waals surface area contributed by atoms with E-state index < -0.39 is 29.7 Å². The van der Waals surface area contributed by atoms with Gasteiger partial charge in [-0.2, -0.15) is 13.2 Å². The minimum Gasteiger partial charge on any atom is -0.347 e. The van der Waals surface area contributed by atoms with Crippen molar-refractivity contribution in [2.75, 3.05) is 5.32 Å². The number of amides is 3. The van der Waals surface area contributed by atoms with Gasteiger partial charge in [-0.1, -0.05) is 13.8 Å². The van der Waals surface area contributed by atoms with Gasteiger partial charge in [0.05, 0.1) is 12.1 Å². The van der Waals surface area contributed by atoms with E-state index >= 15 is 0 Å². The van der Waals surface area contributed by atoms with E-state index in [-0.39, 0.29) is 18.2 Å². The Balaban J connectivity index is 1.94. The molecule has 9 nitrogen and oxygen atoms in total. The molecule has 1 heterocycles. The number of urea groups is 1. The van der Waals surface area contributed by atoms with Crippen LogP contribution in [0.3, 0.4) is 0 Å². The molecule has 0 aliphatic heterocycles. The van der Waals surface area contributed by atoms with E-state index in [4.69, 9.17) is 0 Å². The molecule has 152 valence electrons. The largest absolute Gasteiger partial charge is 0.416 e. The summed E-state index contributed by atoms with van der Waals surface area (Å²) in [5.74, 6) is 0.0209. The summed E-state index contributed by atoms with van der Waals surface area (Å²) < 4.78 is 37.7. The highest BCUT2D eigenvalue weighted by molar-refractivity contribution is 5.93. The van der Waals surface area contributed by atoms with Gasteiger partial charge in [-0.15, -0.1) is 5.10 Å². The highest BCUT2D eigenvalue weighted by Crippen LogP contribution is 2.29. The Morgan fingerprint density at radius 3 is 2.39 bits per heavy atom. The first-order valence-electron chi connectivity index (χ1n) is 8.40. The van der Waals surface area contributed by atoms with Crippen molar-refractivity contribution in [1.29, 1.82) is 0 Å². The number of halogens is 3. The monoisotopic (exact) mass is 399 g/mol. The molecule has 2 aromatic rings. The number of carbonyl (C=O) groups excluding carboxylic acids is 2. The summed E-state index contributed by atoms with van der Waals surface area (Å²) in [5, 5.41) is 20.4. The van der Waals surface area contributed by atoms with Crippen molar-refractivity contribution in [1.82, 2.24) is 31.3 Å². The Morgan fingerprint density at radius 1 is 1.18 bits per heavy atom. The lowest BCUT2D eigenvalue weighted by Crippen LogP contribution is -2.48. The molecule has 0 spiro atoms. The smallest absolute Gasteiger partial charge is 0.347 e. The Morgan fingerprint density at radius 2 is 1.86 bits per heavy atom. The van der Waals surface area contributed by atoms with E-state index in [1.54, 1.807) is 0 Å². The Bertz CT molecular complexity index is 777. The lowest BCUT2D eigenvalue weighted by Gasteiger charge is -2.20. The fourth-order valence-electron chi connectivity index (χ4n) is 2.32. The van der Waals surface area contributed by atoms with E-state index in [1.807, 2.05) is 13.8 Å². The molecule has 0 saturated heterocycles. The number of aromatic amines is 1. The van der Waals surface area contributed by atoms with Crippen molar-refractivity contribution < 1.29 is 22.8 Å². The van der Waals surface area contributed by atoms with Crippen LogP contribution in [0.25, 0.3) is 0 Å². The second-order valence-corrected chi connectivity index (χ2v) is 6.42. The predicted octanol–water partition coefficient (Wildman–Crippen LogP) is 2.07. The molecule has 4 N–H and O–H groups in total.